The zero-order chi connectivity index (χ0) is 12.5. The Kier molecular flexibility index (Phi) is 2.95. The first-order chi connectivity index (χ1) is 8.72. The van der Waals surface area contributed by atoms with Crippen LogP contribution in [0.1, 0.15) is 22.6 Å². The Balaban J connectivity index is 1.87. The van der Waals surface area contributed by atoms with Crippen LogP contribution in [0.2, 0.25) is 0 Å². The van der Waals surface area contributed by atoms with E-state index in [9.17, 15) is 4.79 Å². The summed E-state index contributed by atoms with van der Waals surface area (Å²) in [5, 5.41) is 13.3. The molecule has 1 N–H and O–H groups in total. The van der Waals surface area contributed by atoms with Crippen molar-refractivity contribution in [2.75, 3.05) is 11.5 Å². The second-order valence-corrected chi connectivity index (χ2v) is 5.64. The van der Waals surface area contributed by atoms with Crippen molar-refractivity contribution in [2.24, 2.45) is 5.92 Å². The van der Waals surface area contributed by atoms with Gasteiger partial charge in [0.2, 0.25) is 0 Å². The summed E-state index contributed by atoms with van der Waals surface area (Å²) in [5.41, 5.74) is 0.941. The number of carbonyl (C=O) groups is 1. The molecule has 0 radical (unpaired) electrons. The summed E-state index contributed by atoms with van der Waals surface area (Å²) in [6.45, 7) is 0. The molecule has 6 heteroatoms. The van der Waals surface area contributed by atoms with E-state index in [1.165, 1.54) is 24.1 Å². The van der Waals surface area contributed by atoms with E-state index >= 15 is 0 Å². The standard InChI is InChI=1S/C12H13N3O2S/c16-12(17)9-1-2-11-13-10(14-15(11)6-9)5-8-3-4-18-7-8/h1-2,6,8H,3-5,7H2,(H,16,17). The topological polar surface area (TPSA) is 67.5 Å². The summed E-state index contributed by atoms with van der Waals surface area (Å²) in [4.78, 5) is 15.3. The minimum Gasteiger partial charge on any atom is -0.478 e. The second-order valence-electron chi connectivity index (χ2n) is 4.49. The van der Waals surface area contributed by atoms with Crippen molar-refractivity contribution in [3.8, 4) is 0 Å². The van der Waals surface area contributed by atoms with Crippen LogP contribution < -0.4 is 0 Å². The molecule has 1 saturated heterocycles. The summed E-state index contributed by atoms with van der Waals surface area (Å²) in [5.74, 6) is 2.93. The van der Waals surface area contributed by atoms with E-state index in [0.29, 0.717) is 11.6 Å². The average molecular weight is 263 g/mol. The van der Waals surface area contributed by atoms with Crippen LogP contribution in [0.25, 0.3) is 5.65 Å². The lowest BCUT2D eigenvalue weighted by Gasteiger charge is -2.02. The number of fused-ring (bicyclic) bond motifs is 1. The van der Waals surface area contributed by atoms with Crippen LogP contribution in [-0.4, -0.2) is 37.2 Å². The van der Waals surface area contributed by atoms with Crippen LogP contribution in [0.15, 0.2) is 18.3 Å². The maximum Gasteiger partial charge on any atom is 0.337 e. The van der Waals surface area contributed by atoms with Crippen molar-refractivity contribution >= 4 is 23.4 Å². The molecule has 5 nitrogen and oxygen atoms in total. The predicted octanol–water partition coefficient (Wildman–Crippen LogP) is 1.72. The molecule has 0 spiro atoms. The van der Waals surface area contributed by atoms with Crippen molar-refractivity contribution in [3.05, 3.63) is 29.7 Å². The highest BCUT2D eigenvalue weighted by Crippen LogP contribution is 2.25. The fraction of sp³-hybridized carbons (Fsp3) is 0.417. The highest BCUT2D eigenvalue weighted by Gasteiger charge is 2.18. The number of aromatic carboxylic acids is 1. The van der Waals surface area contributed by atoms with Gasteiger partial charge in [0.05, 0.1) is 5.56 Å². The van der Waals surface area contributed by atoms with E-state index in [-0.39, 0.29) is 5.56 Å². The van der Waals surface area contributed by atoms with Gasteiger partial charge in [0, 0.05) is 12.6 Å². The lowest BCUT2D eigenvalue weighted by molar-refractivity contribution is 0.0696. The first-order valence-electron chi connectivity index (χ1n) is 5.89. The lowest BCUT2D eigenvalue weighted by Crippen LogP contribution is -2.04. The molecular weight excluding hydrogens is 250 g/mol. The number of pyridine rings is 1. The van der Waals surface area contributed by atoms with Crippen LogP contribution in [0.4, 0.5) is 0 Å². The SMILES string of the molecule is O=C(O)c1ccc2nc(CC3CCSC3)nn2c1. The highest BCUT2D eigenvalue weighted by atomic mass is 32.2. The molecule has 0 aromatic carbocycles. The Morgan fingerprint density at radius 3 is 3.17 bits per heavy atom. The van der Waals surface area contributed by atoms with Crippen LogP contribution in [0.5, 0.6) is 0 Å². The quantitative estimate of drug-likeness (QED) is 0.913. The number of carboxylic acid groups (broad SMARTS) is 1. The summed E-state index contributed by atoms with van der Waals surface area (Å²) < 4.78 is 1.56. The van der Waals surface area contributed by atoms with Crippen molar-refractivity contribution in [1.82, 2.24) is 14.6 Å². The molecule has 0 amide bonds. The minimum atomic E-state index is -0.943. The molecule has 2 aromatic rings. The van der Waals surface area contributed by atoms with E-state index in [4.69, 9.17) is 5.11 Å². The maximum atomic E-state index is 10.9. The Labute approximate surface area is 108 Å². The van der Waals surface area contributed by atoms with E-state index in [1.807, 2.05) is 11.8 Å². The molecule has 3 rings (SSSR count). The Hall–Kier alpha value is -1.56. The summed E-state index contributed by atoms with van der Waals surface area (Å²) in [6.07, 6.45) is 3.62. The van der Waals surface area contributed by atoms with Crippen LogP contribution in [0, 0.1) is 5.92 Å². The molecule has 1 aliphatic heterocycles. The minimum absolute atomic E-state index is 0.232. The first kappa shape index (κ1) is 11.5. The first-order valence-corrected chi connectivity index (χ1v) is 7.04. The number of thioether (sulfide) groups is 1. The zero-order valence-corrected chi connectivity index (χ0v) is 10.6. The number of carboxylic acids is 1. The summed E-state index contributed by atoms with van der Waals surface area (Å²) >= 11 is 1.97. The van der Waals surface area contributed by atoms with Crippen molar-refractivity contribution in [1.29, 1.82) is 0 Å². The molecule has 1 aliphatic rings. The Morgan fingerprint density at radius 2 is 2.44 bits per heavy atom. The van der Waals surface area contributed by atoms with Gasteiger partial charge in [-0.25, -0.2) is 14.3 Å². The monoisotopic (exact) mass is 263 g/mol. The molecule has 94 valence electrons. The Bertz CT molecular complexity index is 590. The van der Waals surface area contributed by atoms with Crippen molar-refractivity contribution in [2.45, 2.75) is 12.8 Å². The summed E-state index contributed by atoms with van der Waals surface area (Å²) in [7, 11) is 0. The normalized spacial score (nSPS) is 19.4. The van der Waals surface area contributed by atoms with Gasteiger partial charge in [0.1, 0.15) is 0 Å². The van der Waals surface area contributed by atoms with E-state index in [2.05, 4.69) is 10.1 Å². The van der Waals surface area contributed by atoms with Crippen LogP contribution >= 0.6 is 11.8 Å². The van der Waals surface area contributed by atoms with Gasteiger partial charge < -0.3 is 5.11 Å². The second kappa shape index (κ2) is 4.61. The molecule has 0 aliphatic carbocycles. The molecule has 1 fully saturated rings. The molecular formula is C12H13N3O2S. The van der Waals surface area contributed by atoms with Crippen molar-refractivity contribution in [3.63, 3.8) is 0 Å². The molecule has 18 heavy (non-hydrogen) atoms. The number of hydrogen-bond acceptors (Lipinski definition) is 4. The van der Waals surface area contributed by atoms with Gasteiger partial charge in [0.25, 0.3) is 0 Å². The number of hydrogen-bond donors (Lipinski definition) is 1. The van der Waals surface area contributed by atoms with Gasteiger partial charge >= 0.3 is 5.97 Å². The number of rotatable bonds is 3. The molecule has 2 aromatic heterocycles. The van der Waals surface area contributed by atoms with Gasteiger partial charge in [-0.05, 0) is 36.0 Å². The molecule has 1 unspecified atom stereocenters. The Morgan fingerprint density at radius 1 is 1.56 bits per heavy atom. The average Bonchev–Trinajstić information content (AvgIpc) is 2.96. The maximum absolute atomic E-state index is 10.9. The fourth-order valence-electron chi connectivity index (χ4n) is 2.14. The van der Waals surface area contributed by atoms with Gasteiger partial charge in [0.15, 0.2) is 11.5 Å². The lowest BCUT2D eigenvalue weighted by atomic mass is 10.1. The van der Waals surface area contributed by atoms with Crippen molar-refractivity contribution < 1.29 is 9.90 Å². The van der Waals surface area contributed by atoms with Crippen LogP contribution in [0.3, 0.4) is 0 Å². The van der Waals surface area contributed by atoms with Gasteiger partial charge in [-0.15, -0.1) is 0 Å². The predicted molar refractivity (Wildman–Crippen MR) is 69.1 cm³/mol. The molecule has 3 heterocycles. The number of nitrogens with zero attached hydrogens (tertiary/aromatic N) is 3. The zero-order valence-electron chi connectivity index (χ0n) is 9.74. The molecule has 0 bridgehead atoms. The van der Waals surface area contributed by atoms with E-state index in [0.717, 1.165) is 12.2 Å². The smallest absolute Gasteiger partial charge is 0.337 e. The largest absolute Gasteiger partial charge is 0.478 e. The fourth-order valence-corrected chi connectivity index (χ4v) is 3.43. The highest BCUT2D eigenvalue weighted by molar-refractivity contribution is 7.99. The third kappa shape index (κ3) is 2.20. The van der Waals surface area contributed by atoms with Gasteiger partial charge in [-0.1, -0.05) is 0 Å². The van der Waals surface area contributed by atoms with Crippen LogP contribution in [-0.2, 0) is 6.42 Å². The van der Waals surface area contributed by atoms with Gasteiger partial charge in [-0.2, -0.15) is 16.9 Å². The third-order valence-corrected chi connectivity index (χ3v) is 4.35. The third-order valence-electron chi connectivity index (χ3n) is 3.12. The van der Waals surface area contributed by atoms with Gasteiger partial charge in [-0.3, -0.25) is 0 Å². The summed E-state index contributed by atoms with van der Waals surface area (Å²) in [6, 6.07) is 3.25. The molecule has 0 saturated carbocycles. The van der Waals surface area contributed by atoms with E-state index < -0.39 is 5.97 Å². The van der Waals surface area contributed by atoms with E-state index in [1.54, 1.807) is 16.6 Å². The number of aromatic nitrogens is 3. The molecule has 1 atom stereocenters.